The van der Waals surface area contributed by atoms with E-state index >= 15 is 0 Å². The van der Waals surface area contributed by atoms with Gasteiger partial charge >= 0.3 is 0 Å². The molecule has 4 rings (SSSR count). The van der Waals surface area contributed by atoms with Crippen LogP contribution in [0.5, 0.6) is 17.2 Å². The molecule has 0 saturated heterocycles. The Kier molecular flexibility index (Phi) is 6.41. The number of rotatable bonds is 8. The average molecular weight is 452 g/mol. The van der Waals surface area contributed by atoms with E-state index in [2.05, 4.69) is 23.9 Å². The van der Waals surface area contributed by atoms with Gasteiger partial charge in [-0.1, -0.05) is 31.3 Å². The summed E-state index contributed by atoms with van der Waals surface area (Å²) in [6.45, 7) is 4.95. The minimum Gasteiger partial charge on any atom is -0.497 e. The molecule has 0 unspecified atom stereocenters. The van der Waals surface area contributed by atoms with Crippen molar-refractivity contribution in [2.45, 2.75) is 20.3 Å². The molecule has 0 aliphatic carbocycles. The minimum atomic E-state index is -0.200. The van der Waals surface area contributed by atoms with Crippen LogP contribution in [0.3, 0.4) is 0 Å². The molecule has 0 radical (unpaired) electrons. The molecule has 4 aromatic rings. The van der Waals surface area contributed by atoms with Crippen LogP contribution >= 0.6 is 11.3 Å². The normalized spacial score (nSPS) is 12.0. The molecule has 166 valence electrons. The van der Waals surface area contributed by atoms with Crippen LogP contribution in [0.15, 0.2) is 47.3 Å². The van der Waals surface area contributed by atoms with Gasteiger partial charge in [-0.3, -0.25) is 4.79 Å². The topological polar surface area (TPSA) is 75.0 Å². The third-order valence-corrected chi connectivity index (χ3v) is 5.93. The highest BCUT2D eigenvalue weighted by atomic mass is 32.1. The van der Waals surface area contributed by atoms with Gasteiger partial charge in [-0.2, -0.15) is 9.50 Å². The highest BCUT2D eigenvalue weighted by molar-refractivity contribution is 7.15. The van der Waals surface area contributed by atoms with E-state index in [1.54, 1.807) is 14.2 Å². The van der Waals surface area contributed by atoms with Gasteiger partial charge in [0.2, 0.25) is 4.96 Å². The maximum absolute atomic E-state index is 12.9. The van der Waals surface area contributed by atoms with Gasteiger partial charge < -0.3 is 14.2 Å². The zero-order chi connectivity index (χ0) is 22.7. The Morgan fingerprint density at radius 2 is 1.84 bits per heavy atom. The summed E-state index contributed by atoms with van der Waals surface area (Å²) in [5.41, 5.74) is 1.47. The summed E-state index contributed by atoms with van der Waals surface area (Å²) in [5.74, 6) is 3.16. The van der Waals surface area contributed by atoms with Crippen LogP contribution < -0.4 is 24.3 Å². The molecule has 8 heteroatoms. The standard InChI is InChI=1S/C24H25N3O4S/c1-15(2)11-12-31-19-10-5-16(13-20(19)30-4)14-21-23(28)27-24(32-21)25-22(26-27)17-6-8-18(29-3)9-7-17/h5-10,13-15H,11-12H2,1-4H3. The number of benzene rings is 2. The first kappa shape index (κ1) is 21.8. The number of hydrogen-bond donors (Lipinski definition) is 0. The lowest BCUT2D eigenvalue weighted by Crippen LogP contribution is -2.23. The number of fused-ring (bicyclic) bond motifs is 1. The second-order valence-corrected chi connectivity index (χ2v) is 8.72. The summed E-state index contributed by atoms with van der Waals surface area (Å²) < 4.78 is 18.4. The fourth-order valence-corrected chi connectivity index (χ4v) is 4.05. The van der Waals surface area contributed by atoms with Gasteiger partial charge in [-0.15, -0.1) is 5.10 Å². The van der Waals surface area contributed by atoms with Gasteiger partial charge in [0.25, 0.3) is 5.56 Å². The second-order valence-electron chi connectivity index (χ2n) is 7.72. The van der Waals surface area contributed by atoms with Crippen molar-refractivity contribution in [3.63, 3.8) is 0 Å². The van der Waals surface area contributed by atoms with E-state index in [-0.39, 0.29) is 5.56 Å². The number of aromatic nitrogens is 3. The van der Waals surface area contributed by atoms with Gasteiger partial charge in [0, 0.05) is 5.56 Å². The Bertz CT molecular complexity index is 1330. The lowest BCUT2D eigenvalue weighted by molar-refractivity contribution is 0.273. The van der Waals surface area contributed by atoms with E-state index in [4.69, 9.17) is 14.2 Å². The Balaban J connectivity index is 1.61. The predicted octanol–water partition coefficient (Wildman–Crippen LogP) is 3.81. The van der Waals surface area contributed by atoms with E-state index in [0.717, 1.165) is 23.3 Å². The van der Waals surface area contributed by atoms with Gasteiger partial charge in [0.1, 0.15) is 5.75 Å². The average Bonchev–Trinajstić information content (AvgIpc) is 3.33. The van der Waals surface area contributed by atoms with Crippen LogP contribution in [-0.4, -0.2) is 35.4 Å². The van der Waals surface area contributed by atoms with E-state index in [9.17, 15) is 4.79 Å². The molecule has 2 aromatic heterocycles. The van der Waals surface area contributed by atoms with Crippen LogP contribution in [0.25, 0.3) is 22.4 Å². The van der Waals surface area contributed by atoms with Crippen LogP contribution in [0, 0.1) is 5.92 Å². The van der Waals surface area contributed by atoms with Crippen LogP contribution in [0.1, 0.15) is 25.8 Å². The molecule has 0 spiro atoms. The smallest absolute Gasteiger partial charge is 0.291 e. The highest BCUT2D eigenvalue weighted by Crippen LogP contribution is 2.28. The Labute approximate surface area is 189 Å². The zero-order valence-electron chi connectivity index (χ0n) is 18.5. The molecule has 0 atom stereocenters. The van der Waals surface area contributed by atoms with Crippen molar-refractivity contribution < 1.29 is 14.2 Å². The first-order valence-corrected chi connectivity index (χ1v) is 11.2. The Morgan fingerprint density at radius 3 is 2.50 bits per heavy atom. The SMILES string of the molecule is COc1ccc(-c2nc3sc(=Cc4ccc(OCCC(C)C)c(OC)c4)c(=O)n3n2)cc1. The van der Waals surface area contributed by atoms with Gasteiger partial charge in [-0.05, 0) is 60.4 Å². The Hall–Kier alpha value is -3.39. The van der Waals surface area contributed by atoms with Gasteiger partial charge in [-0.25, -0.2) is 0 Å². The number of methoxy groups -OCH3 is 2. The fraction of sp³-hybridized carbons (Fsp3) is 0.292. The van der Waals surface area contributed by atoms with E-state index in [1.807, 2.05) is 48.5 Å². The third kappa shape index (κ3) is 4.60. The molecule has 0 aliphatic rings. The second kappa shape index (κ2) is 9.40. The summed E-state index contributed by atoms with van der Waals surface area (Å²) >= 11 is 1.30. The van der Waals surface area contributed by atoms with Crippen molar-refractivity contribution in [3.05, 3.63) is 62.9 Å². The monoisotopic (exact) mass is 451 g/mol. The first-order valence-electron chi connectivity index (χ1n) is 10.3. The lowest BCUT2D eigenvalue weighted by atomic mass is 10.1. The summed E-state index contributed by atoms with van der Waals surface area (Å²) in [5, 5.41) is 4.39. The molecular weight excluding hydrogens is 426 g/mol. The quantitative estimate of drug-likeness (QED) is 0.406. The van der Waals surface area contributed by atoms with Crippen LogP contribution in [0.2, 0.25) is 0 Å². The van der Waals surface area contributed by atoms with Crippen molar-refractivity contribution in [2.24, 2.45) is 5.92 Å². The van der Waals surface area contributed by atoms with Gasteiger partial charge in [0.05, 0.1) is 25.4 Å². The van der Waals surface area contributed by atoms with Crippen molar-refractivity contribution in [2.75, 3.05) is 20.8 Å². The van der Waals surface area contributed by atoms with E-state index in [1.165, 1.54) is 15.9 Å². The molecule has 0 amide bonds. The fourth-order valence-electron chi connectivity index (χ4n) is 3.15. The maximum atomic E-state index is 12.9. The molecule has 32 heavy (non-hydrogen) atoms. The molecule has 0 aliphatic heterocycles. The minimum absolute atomic E-state index is 0.200. The number of ether oxygens (including phenoxy) is 3. The number of thiazole rings is 1. The van der Waals surface area contributed by atoms with Crippen molar-refractivity contribution in [1.82, 2.24) is 14.6 Å². The molecule has 0 saturated carbocycles. The van der Waals surface area contributed by atoms with Crippen molar-refractivity contribution in [3.8, 4) is 28.6 Å². The number of hydrogen-bond acceptors (Lipinski definition) is 7. The maximum Gasteiger partial charge on any atom is 0.291 e. The Morgan fingerprint density at radius 1 is 1.06 bits per heavy atom. The summed E-state index contributed by atoms with van der Waals surface area (Å²) in [7, 11) is 3.22. The molecule has 0 bridgehead atoms. The summed E-state index contributed by atoms with van der Waals surface area (Å²) in [6, 6.07) is 13.1. The molecule has 0 N–H and O–H groups in total. The highest BCUT2D eigenvalue weighted by Gasteiger charge is 2.13. The summed E-state index contributed by atoms with van der Waals surface area (Å²) in [6.07, 6.45) is 2.79. The van der Waals surface area contributed by atoms with E-state index in [0.29, 0.717) is 39.3 Å². The first-order chi connectivity index (χ1) is 15.5. The summed E-state index contributed by atoms with van der Waals surface area (Å²) in [4.78, 5) is 17.9. The largest absolute Gasteiger partial charge is 0.497 e. The van der Waals surface area contributed by atoms with Crippen LogP contribution in [0.4, 0.5) is 0 Å². The van der Waals surface area contributed by atoms with E-state index < -0.39 is 0 Å². The van der Waals surface area contributed by atoms with Crippen molar-refractivity contribution in [1.29, 1.82) is 0 Å². The molecule has 0 fully saturated rings. The molecular formula is C24H25N3O4S. The van der Waals surface area contributed by atoms with Crippen molar-refractivity contribution >= 4 is 22.4 Å². The van der Waals surface area contributed by atoms with Gasteiger partial charge in [0.15, 0.2) is 17.3 Å². The molecule has 7 nitrogen and oxygen atoms in total. The zero-order valence-corrected chi connectivity index (χ0v) is 19.3. The predicted molar refractivity (Wildman–Crippen MR) is 126 cm³/mol. The molecule has 2 heterocycles. The molecule has 2 aromatic carbocycles. The number of nitrogens with zero attached hydrogens (tertiary/aromatic N) is 3. The lowest BCUT2D eigenvalue weighted by Gasteiger charge is -2.12. The van der Waals surface area contributed by atoms with Crippen LogP contribution in [-0.2, 0) is 0 Å². The third-order valence-electron chi connectivity index (χ3n) is 4.97.